The molecule has 0 aliphatic rings. The van der Waals surface area contributed by atoms with Crippen LogP contribution in [0.2, 0.25) is 0 Å². The van der Waals surface area contributed by atoms with Crippen LogP contribution in [-0.2, 0) is 0 Å². The summed E-state index contributed by atoms with van der Waals surface area (Å²) in [5.74, 6) is -0.0932. The second-order valence-electron chi connectivity index (χ2n) is 3.59. The molecule has 2 aromatic rings. The quantitative estimate of drug-likeness (QED) is 0.532. The molecule has 0 aliphatic carbocycles. The number of nitrogens with two attached hydrogens (primary N) is 3. The van der Waals surface area contributed by atoms with Gasteiger partial charge in [0.1, 0.15) is 0 Å². The fourth-order valence-corrected chi connectivity index (χ4v) is 1.55. The van der Waals surface area contributed by atoms with Crippen molar-refractivity contribution in [3.8, 4) is 5.69 Å². The van der Waals surface area contributed by atoms with Gasteiger partial charge in [0, 0.05) is 12.4 Å². The van der Waals surface area contributed by atoms with Crippen LogP contribution < -0.4 is 17.2 Å². The zero-order valence-corrected chi connectivity index (χ0v) is 9.69. The Balaban J connectivity index is 2.43. The van der Waals surface area contributed by atoms with E-state index in [-0.39, 0.29) is 11.9 Å². The SMILES string of the molecule is NC(N)=NC(N)=Nc1ccccc1-n1cccc1. The Kier molecular flexibility index (Phi) is 3.29. The van der Waals surface area contributed by atoms with Crippen LogP contribution in [0, 0.1) is 0 Å². The Morgan fingerprint density at radius 1 is 0.944 bits per heavy atom. The lowest BCUT2D eigenvalue weighted by Crippen LogP contribution is -2.26. The minimum Gasteiger partial charge on any atom is -0.370 e. The molecule has 0 saturated carbocycles. The van der Waals surface area contributed by atoms with E-state index in [1.165, 1.54) is 0 Å². The first-order valence-corrected chi connectivity index (χ1v) is 5.33. The number of hydrogen-bond acceptors (Lipinski definition) is 1. The summed E-state index contributed by atoms with van der Waals surface area (Å²) >= 11 is 0. The molecule has 6 N–H and O–H groups in total. The topological polar surface area (TPSA) is 108 Å². The number of hydrogen-bond donors (Lipinski definition) is 3. The van der Waals surface area contributed by atoms with E-state index in [0.717, 1.165) is 5.69 Å². The van der Waals surface area contributed by atoms with E-state index in [1.54, 1.807) is 0 Å². The molecule has 0 amide bonds. The molecule has 1 aromatic carbocycles. The molecule has 2 rings (SSSR count). The third-order valence-electron chi connectivity index (χ3n) is 2.24. The molecule has 0 unspecified atom stereocenters. The lowest BCUT2D eigenvalue weighted by atomic mass is 10.2. The van der Waals surface area contributed by atoms with Gasteiger partial charge in [-0.1, -0.05) is 12.1 Å². The number of benzene rings is 1. The van der Waals surface area contributed by atoms with Crippen LogP contribution in [0.4, 0.5) is 5.69 Å². The Bertz CT molecular complexity index is 578. The molecule has 6 nitrogen and oxygen atoms in total. The van der Waals surface area contributed by atoms with E-state index in [4.69, 9.17) is 17.2 Å². The minimum absolute atomic E-state index is 0.0228. The van der Waals surface area contributed by atoms with Gasteiger partial charge in [-0.25, -0.2) is 4.99 Å². The molecule has 0 spiro atoms. The van der Waals surface area contributed by atoms with Gasteiger partial charge < -0.3 is 21.8 Å². The minimum atomic E-state index is -0.116. The smallest absolute Gasteiger partial charge is 0.223 e. The first kappa shape index (κ1) is 11.7. The van der Waals surface area contributed by atoms with E-state index in [9.17, 15) is 0 Å². The Labute approximate surface area is 104 Å². The van der Waals surface area contributed by atoms with Gasteiger partial charge in [0.25, 0.3) is 0 Å². The number of aromatic nitrogens is 1. The van der Waals surface area contributed by atoms with E-state index < -0.39 is 0 Å². The molecular weight excluding hydrogens is 228 g/mol. The lowest BCUT2D eigenvalue weighted by molar-refractivity contribution is 1.08. The molecule has 0 fully saturated rings. The summed E-state index contributed by atoms with van der Waals surface area (Å²) in [6, 6.07) is 11.4. The highest BCUT2D eigenvalue weighted by Gasteiger charge is 2.02. The van der Waals surface area contributed by atoms with Gasteiger partial charge in [-0.05, 0) is 24.3 Å². The predicted molar refractivity (Wildman–Crippen MR) is 72.9 cm³/mol. The van der Waals surface area contributed by atoms with Gasteiger partial charge in [0.05, 0.1) is 11.4 Å². The fourth-order valence-electron chi connectivity index (χ4n) is 1.55. The molecule has 0 atom stereocenters. The normalized spacial score (nSPS) is 11.2. The largest absolute Gasteiger partial charge is 0.370 e. The average molecular weight is 242 g/mol. The zero-order chi connectivity index (χ0) is 13.0. The maximum absolute atomic E-state index is 5.62. The molecule has 18 heavy (non-hydrogen) atoms. The molecule has 0 aliphatic heterocycles. The third kappa shape index (κ3) is 2.67. The summed E-state index contributed by atoms with van der Waals surface area (Å²) in [5, 5.41) is 0. The Morgan fingerprint density at radius 2 is 1.61 bits per heavy atom. The van der Waals surface area contributed by atoms with E-state index in [1.807, 2.05) is 53.4 Å². The fraction of sp³-hybridized carbons (Fsp3) is 0. The number of aliphatic imine (C=N–C) groups is 2. The highest BCUT2D eigenvalue weighted by Crippen LogP contribution is 2.22. The maximum atomic E-state index is 5.62. The highest BCUT2D eigenvalue weighted by atomic mass is 15.1. The number of guanidine groups is 2. The summed E-state index contributed by atoms with van der Waals surface area (Å²) in [6.07, 6.45) is 3.84. The first-order chi connectivity index (χ1) is 8.66. The summed E-state index contributed by atoms with van der Waals surface area (Å²) in [4.78, 5) is 7.87. The number of para-hydroxylation sites is 2. The van der Waals surface area contributed by atoms with Crippen molar-refractivity contribution in [3.05, 3.63) is 48.8 Å². The van der Waals surface area contributed by atoms with Crippen molar-refractivity contribution in [1.29, 1.82) is 0 Å². The first-order valence-electron chi connectivity index (χ1n) is 5.33. The van der Waals surface area contributed by atoms with E-state index in [2.05, 4.69) is 9.98 Å². The van der Waals surface area contributed by atoms with Crippen LogP contribution >= 0.6 is 0 Å². The predicted octanol–water partition coefficient (Wildman–Crippen LogP) is 0.697. The third-order valence-corrected chi connectivity index (χ3v) is 2.24. The van der Waals surface area contributed by atoms with Gasteiger partial charge in [-0.2, -0.15) is 4.99 Å². The average Bonchev–Trinajstić information content (AvgIpc) is 2.81. The van der Waals surface area contributed by atoms with Crippen LogP contribution in [-0.4, -0.2) is 16.5 Å². The van der Waals surface area contributed by atoms with Crippen molar-refractivity contribution in [3.63, 3.8) is 0 Å². The summed E-state index contributed by atoms with van der Waals surface area (Å²) in [7, 11) is 0. The molecule has 0 saturated heterocycles. The van der Waals surface area contributed by atoms with Crippen LogP contribution in [0.3, 0.4) is 0 Å². The van der Waals surface area contributed by atoms with Gasteiger partial charge in [-0.3, -0.25) is 0 Å². The van der Waals surface area contributed by atoms with Crippen LogP contribution in [0.1, 0.15) is 0 Å². The Hall–Kier alpha value is -2.76. The van der Waals surface area contributed by atoms with E-state index in [0.29, 0.717) is 5.69 Å². The van der Waals surface area contributed by atoms with Crippen molar-refractivity contribution in [1.82, 2.24) is 4.57 Å². The summed E-state index contributed by atoms with van der Waals surface area (Å²) < 4.78 is 1.93. The number of rotatable bonds is 2. The molecule has 0 radical (unpaired) electrons. The summed E-state index contributed by atoms with van der Waals surface area (Å²) in [5.41, 5.74) is 17.7. The zero-order valence-electron chi connectivity index (χ0n) is 9.69. The molecule has 1 heterocycles. The van der Waals surface area contributed by atoms with Crippen molar-refractivity contribution in [2.24, 2.45) is 27.2 Å². The molecular formula is C12H14N6. The molecule has 92 valence electrons. The van der Waals surface area contributed by atoms with Gasteiger partial charge >= 0.3 is 0 Å². The maximum Gasteiger partial charge on any atom is 0.223 e. The lowest BCUT2D eigenvalue weighted by Gasteiger charge is -2.06. The van der Waals surface area contributed by atoms with Gasteiger partial charge in [0.2, 0.25) is 5.96 Å². The monoisotopic (exact) mass is 242 g/mol. The van der Waals surface area contributed by atoms with Crippen molar-refractivity contribution < 1.29 is 0 Å². The number of nitrogens with zero attached hydrogens (tertiary/aromatic N) is 3. The van der Waals surface area contributed by atoms with Gasteiger partial charge in [-0.15, -0.1) is 0 Å². The molecule has 6 heteroatoms. The van der Waals surface area contributed by atoms with Crippen molar-refractivity contribution >= 4 is 17.6 Å². The van der Waals surface area contributed by atoms with Gasteiger partial charge in [0.15, 0.2) is 5.96 Å². The summed E-state index contributed by atoms with van der Waals surface area (Å²) in [6.45, 7) is 0. The highest BCUT2D eigenvalue weighted by molar-refractivity contribution is 5.94. The van der Waals surface area contributed by atoms with Crippen LogP contribution in [0.5, 0.6) is 0 Å². The molecule has 0 bridgehead atoms. The standard InChI is InChI=1S/C12H14N6/c13-11(14)17-12(15)16-9-5-1-2-6-10(9)18-7-3-4-8-18/h1-8H,(H6,13,14,15,16,17). The van der Waals surface area contributed by atoms with Crippen LogP contribution in [0.15, 0.2) is 58.8 Å². The second-order valence-corrected chi connectivity index (χ2v) is 3.59. The molecule has 1 aromatic heterocycles. The Morgan fingerprint density at radius 3 is 2.28 bits per heavy atom. The van der Waals surface area contributed by atoms with Crippen molar-refractivity contribution in [2.45, 2.75) is 0 Å². The second kappa shape index (κ2) is 5.05. The van der Waals surface area contributed by atoms with E-state index >= 15 is 0 Å². The van der Waals surface area contributed by atoms with Crippen LogP contribution in [0.25, 0.3) is 5.69 Å². The van der Waals surface area contributed by atoms with Crippen molar-refractivity contribution in [2.75, 3.05) is 0 Å².